The molecule has 0 saturated heterocycles. The van der Waals surface area contributed by atoms with Crippen molar-refractivity contribution in [1.82, 2.24) is 0 Å². The monoisotopic (exact) mass is 343 g/mol. The van der Waals surface area contributed by atoms with Gasteiger partial charge in [0.25, 0.3) is 0 Å². The minimum Gasteiger partial charge on any atom is -0.547 e. The standard InChI is InChI=1S/C14H21NO7Si/c1-19-12-8-10(22-23(3,4)5)6-9-7-11(13(16)20-2)21-14(9,12)15(17)18/h7-9,12H,6H2,1-5H3/t9-,12+,14+/m0/s1. The molecule has 0 N–H and O–H groups in total. The van der Waals surface area contributed by atoms with Gasteiger partial charge in [0.2, 0.25) is 14.1 Å². The lowest BCUT2D eigenvalue weighted by atomic mass is 9.83. The van der Waals surface area contributed by atoms with E-state index in [1.807, 2.05) is 19.6 Å². The van der Waals surface area contributed by atoms with Crippen LogP contribution in [0.5, 0.6) is 0 Å². The fourth-order valence-corrected chi connectivity index (χ4v) is 3.77. The second-order valence-corrected chi connectivity index (χ2v) is 10.9. The van der Waals surface area contributed by atoms with Crippen LogP contribution in [-0.2, 0) is 23.4 Å². The third-order valence-corrected chi connectivity index (χ3v) is 4.56. The lowest BCUT2D eigenvalue weighted by molar-refractivity contribution is -0.641. The molecule has 2 rings (SSSR count). The molecular formula is C14H21NO7Si. The zero-order valence-corrected chi connectivity index (χ0v) is 14.8. The Balaban J connectivity index is 2.41. The number of allylic oxidation sites excluding steroid dienone is 1. The van der Waals surface area contributed by atoms with Gasteiger partial charge in [0.05, 0.1) is 17.8 Å². The van der Waals surface area contributed by atoms with Gasteiger partial charge < -0.3 is 18.6 Å². The molecule has 23 heavy (non-hydrogen) atoms. The summed E-state index contributed by atoms with van der Waals surface area (Å²) in [6.45, 7) is 6.06. The SMILES string of the molecule is COC(=O)C1=C[C@@H]2CC(O[Si](C)(C)C)=C[C@@H](OC)[C@]2([N+](=O)[O-])O1. The van der Waals surface area contributed by atoms with Gasteiger partial charge in [-0.05, 0) is 31.8 Å². The largest absolute Gasteiger partial charge is 0.547 e. The number of methoxy groups -OCH3 is 2. The smallest absolute Gasteiger partial charge is 0.399 e. The third-order valence-electron chi connectivity index (χ3n) is 3.69. The summed E-state index contributed by atoms with van der Waals surface area (Å²) in [5.74, 6) is -0.959. The molecule has 0 aromatic heterocycles. The average Bonchev–Trinajstić information content (AvgIpc) is 2.84. The highest BCUT2D eigenvalue weighted by Crippen LogP contribution is 2.46. The van der Waals surface area contributed by atoms with E-state index in [4.69, 9.17) is 13.9 Å². The summed E-state index contributed by atoms with van der Waals surface area (Å²) >= 11 is 0. The van der Waals surface area contributed by atoms with Gasteiger partial charge in [0, 0.05) is 13.5 Å². The second-order valence-electron chi connectivity index (χ2n) is 6.45. The van der Waals surface area contributed by atoms with Crippen molar-refractivity contribution >= 4 is 14.3 Å². The molecule has 0 aromatic carbocycles. The van der Waals surface area contributed by atoms with Crippen LogP contribution in [0.4, 0.5) is 0 Å². The van der Waals surface area contributed by atoms with E-state index in [2.05, 4.69) is 4.74 Å². The van der Waals surface area contributed by atoms with E-state index < -0.39 is 37.0 Å². The first-order valence-electron chi connectivity index (χ1n) is 7.20. The van der Waals surface area contributed by atoms with Gasteiger partial charge in [-0.3, -0.25) is 10.1 Å². The topological polar surface area (TPSA) is 97.1 Å². The fourth-order valence-electron chi connectivity index (χ4n) is 2.83. The van der Waals surface area contributed by atoms with E-state index in [1.165, 1.54) is 20.3 Å². The van der Waals surface area contributed by atoms with Gasteiger partial charge in [0.15, 0.2) is 6.10 Å². The molecule has 2 aliphatic rings. The molecule has 0 bridgehead atoms. The fraction of sp³-hybridized carbons (Fsp3) is 0.643. The molecule has 0 spiro atoms. The number of esters is 1. The Morgan fingerprint density at radius 2 is 2.04 bits per heavy atom. The number of carbonyl (C=O) groups is 1. The maximum absolute atomic E-state index is 11.7. The van der Waals surface area contributed by atoms with E-state index in [0.29, 0.717) is 5.76 Å². The molecule has 9 heteroatoms. The number of hydrogen-bond donors (Lipinski definition) is 0. The molecule has 0 amide bonds. The minimum absolute atomic E-state index is 0.168. The summed E-state index contributed by atoms with van der Waals surface area (Å²) in [6.07, 6.45) is 2.30. The van der Waals surface area contributed by atoms with Crippen LogP contribution in [0.25, 0.3) is 0 Å². The number of ether oxygens (including phenoxy) is 3. The van der Waals surface area contributed by atoms with E-state index in [9.17, 15) is 14.9 Å². The Bertz CT molecular complexity index is 580. The summed E-state index contributed by atoms with van der Waals surface area (Å²) < 4.78 is 21.3. The maximum atomic E-state index is 11.7. The Morgan fingerprint density at radius 1 is 1.39 bits per heavy atom. The van der Waals surface area contributed by atoms with E-state index >= 15 is 0 Å². The number of hydrogen-bond acceptors (Lipinski definition) is 7. The maximum Gasteiger partial charge on any atom is 0.399 e. The molecule has 0 aromatic rings. The summed E-state index contributed by atoms with van der Waals surface area (Å²) in [6, 6.07) is 0. The Hall–Kier alpha value is -1.87. The van der Waals surface area contributed by atoms with Gasteiger partial charge in [-0.1, -0.05) is 0 Å². The molecular weight excluding hydrogens is 322 g/mol. The van der Waals surface area contributed by atoms with Crippen molar-refractivity contribution in [3.05, 3.63) is 33.8 Å². The number of carbonyl (C=O) groups excluding carboxylic acids is 1. The van der Waals surface area contributed by atoms with Crippen LogP contribution in [-0.4, -0.2) is 45.3 Å². The van der Waals surface area contributed by atoms with Crippen LogP contribution in [0, 0.1) is 16.0 Å². The van der Waals surface area contributed by atoms with Gasteiger partial charge in [-0.25, -0.2) is 4.79 Å². The Kier molecular flexibility index (Phi) is 4.54. The summed E-state index contributed by atoms with van der Waals surface area (Å²) in [4.78, 5) is 22.9. The van der Waals surface area contributed by atoms with Crippen molar-refractivity contribution in [1.29, 1.82) is 0 Å². The molecule has 1 aliphatic carbocycles. The highest BCUT2D eigenvalue weighted by atomic mass is 28.4. The van der Waals surface area contributed by atoms with E-state index in [1.54, 1.807) is 6.08 Å². The van der Waals surface area contributed by atoms with Gasteiger partial charge >= 0.3 is 11.7 Å². The van der Waals surface area contributed by atoms with Crippen molar-refractivity contribution in [2.45, 2.75) is 37.9 Å². The first kappa shape index (κ1) is 17.5. The molecule has 128 valence electrons. The van der Waals surface area contributed by atoms with Crippen LogP contribution < -0.4 is 0 Å². The summed E-state index contributed by atoms with van der Waals surface area (Å²) in [5, 5.41) is 11.7. The quantitative estimate of drug-likeness (QED) is 0.325. The van der Waals surface area contributed by atoms with Gasteiger partial charge in [0.1, 0.15) is 5.92 Å². The van der Waals surface area contributed by atoms with Crippen molar-refractivity contribution in [3.8, 4) is 0 Å². The van der Waals surface area contributed by atoms with Gasteiger partial charge in [-0.15, -0.1) is 0 Å². The molecule has 3 atom stereocenters. The molecule has 0 unspecified atom stereocenters. The normalized spacial score (nSPS) is 29.8. The van der Waals surface area contributed by atoms with Gasteiger partial charge in [-0.2, -0.15) is 0 Å². The van der Waals surface area contributed by atoms with Crippen LogP contribution >= 0.6 is 0 Å². The number of fused-ring (bicyclic) bond motifs is 1. The predicted octanol–water partition coefficient (Wildman–Crippen LogP) is 1.82. The Labute approximate surface area is 135 Å². The van der Waals surface area contributed by atoms with E-state index in [0.717, 1.165) is 0 Å². The van der Waals surface area contributed by atoms with Crippen molar-refractivity contribution < 1.29 is 28.4 Å². The lowest BCUT2D eigenvalue weighted by Crippen LogP contribution is -2.56. The van der Waals surface area contributed by atoms with Crippen molar-refractivity contribution in [2.24, 2.45) is 5.92 Å². The molecule has 0 fully saturated rings. The predicted molar refractivity (Wildman–Crippen MR) is 82.3 cm³/mol. The minimum atomic E-state index is -1.87. The summed E-state index contributed by atoms with van der Waals surface area (Å²) in [7, 11) is 0.680. The average molecular weight is 343 g/mol. The zero-order valence-electron chi connectivity index (χ0n) is 13.8. The van der Waals surface area contributed by atoms with Crippen molar-refractivity contribution in [2.75, 3.05) is 14.2 Å². The molecule has 8 nitrogen and oxygen atoms in total. The number of rotatable bonds is 5. The van der Waals surface area contributed by atoms with Crippen LogP contribution in [0.1, 0.15) is 6.42 Å². The zero-order chi connectivity index (χ0) is 17.4. The molecule has 0 saturated carbocycles. The van der Waals surface area contributed by atoms with Crippen LogP contribution in [0.15, 0.2) is 23.7 Å². The van der Waals surface area contributed by atoms with E-state index in [-0.39, 0.29) is 12.2 Å². The van der Waals surface area contributed by atoms with Crippen LogP contribution in [0.3, 0.4) is 0 Å². The number of nitro groups is 1. The molecule has 1 heterocycles. The third kappa shape index (κ3) is 3.11. The van der Waals surface area contributed by atoms with Crippen molar-refractivity contribution in [3.63, 3.8) is 0 Å². The first-order chi connectivity index (χ1) is 10.6. The highest BCUT2D eigenvalue weighted by molar-refractivity contribution is 6.70. The number of nitrogens with zero attached hydrogens (tertiary/aromatic N) is 1. The first-order valence-corrected chi connectivity index (χ1v) is 10.6. The Morgan fingerprint density at radius 3 is 2.52 bits per heavy atom. The van der Waals surface area contributed by atoms with Crippen LogP contribution in [0.2, 0.25) is 19.6 Å². The highest BCUT2D eigenvalue weighted by Gasteiger charge is 2.65. The second kappa shape index (κ2) is 5.97. The lowest BCUT2D eigenvalue weighted by Gasteiger charge is -2.36. The summed E-state index contributed by atoms with van der Waals surface area (Å²) in [5.41, 5.74) is -1.87. The molecule has 1 aliphatic heterocycles. The molecule has 0 radical (unpaired) electrons.